The van der Waals surface area contributed by atoms with Crippen LogP contribution in [-0.4, -0.2) is 23.1 Å². The van der Waals surface area contributed by atoms with Gasteiger partial charge in [-0.3, -0.25) is 4.79 Å². The van der Waals surface area contributed by atoms with Gasteiger partial charge in [-0.15, -0.1) is 0 Å². The van der Waals surface area contributed by atoms with E-state index in [9.17, 15) is 14.4 Å². The van der Waals surface area contributed by atoms with Gasteiger partial charge >= 0.3 is 5.97 Å². The maximum atomic E-state index is 11.2. The third kappa shape index (κ3) is 1.62. The Balaban J connectivity index is 2.43. The molecule has 0 saturated heterocycles. The first kappa shape index (κ1) is 10.5. The lowest BCUT2D eigenvalue weighted by molar-refractivity contribution is -0.134. The van der Waals surface area contributed by atoms with Crippen molar-refractivity contribution in [3.8, 4) is 0 Å². The van der Waals surface area contributed by atoms with Crippen molar-refractivity contribution >= 4 is 18.0 Å². The lowest BCUT2D eigenvalue weighted by Crippen LogP contribution is -2.28. The van der Waals surface area contributed by atoms with Crippen LogP contribution >= 0.6 is 0 Å². The molecule has 1 N–H and O–H groups in total. The van der Waals surface area contributed by atoms with Gasteiger partial charge in [0.1, 0.15) is 6.29 Å². The Labute approximate surface area is 92.0 Å². The summed E-state index contributed by atoms with van der Waals surface area (Å²) in [6.45, 7) is 0. The second-order valence-electron chi connectivity index (χ2n) is 3.86. The minimum absolute atomic E-state index is 0.0145. The summed E-state index contributed by atoms with van der Waals surface area (Å²) in [7, 11) is 0. The number of aldehydes is 1. The lowest BCUT2D eigenvalue weighted by Gasteiger charge is -2.28. The fraction of sp³-hybridized carbons (Fsp3) is 0.250. The van der Waals surface area contributed by atoms with E-state index >= 15 is 0 Å². The number of carboxylic acids is 1. The van der Waals surface area contributed by atoms with Crippen LogP contribution < -0.4 is 0 Å². The highest BCUT2D eigenvalue weighted by Crippen LogP contribution is 2.35. The van der Waals surface area contributed by atoms with Gasteiger partial charge in [-0.2, -0.15) is 0 Å². The molecule has 82 valence electrons. The number of allylic oxidation sites excluding steroid dienone is 5. The summed E-state index contributed by atoms with van der Waals surface area (Å²) in [4.78, 5) is 33.1. The van der Waals surface area contributed by atoms with Crippen molar-refractivity contribution < 1.29 is 19.5 Å². The molecular formula is C12H10O4. The first-order chi connectivity index (χ1) is 7.63. The third-order valence-electron chi connectivity index (χ3n) is 2.91. The van der Waals surface area contributed by atoms with Crippen LogP contribution in [0.5, 0.6) is 0 Å². The molecular weight excluding hydrogens is 208 g/mol. The molecule has 0 bridgehead atoms. The smallest absolute Gasteiger partial charge is 0.332 e. The molecule has 2 rings (SSSR count). The molecule has 4 heteroatoms. The van der Waals surface area contributed by atoms with Gasteiger partial charge in [0.05, 0.1) is 5.92 Å². The number of hydrogen-bond acceptors (Lipinski definition) is 3. The molecule has 2 aliphatic carbocycles. The second-order valence-corrected chi connectivity index (χ2v) is 3.86. The molecule has 2 aliphatic rings. The largest absolute Gasteiger partial charge is 0.478 e. The van der Waals surface area contributed by atoms with E-state index in [1.165, 1.54) is 12.2 Å². The van der Waals surface area contributed by atoms with E-state index in [1.54, 1.807) is 12.2 Å². The highest BCUT2D eigenvalue weighted by Gasteiger charge is 2.34. The Morgan fingerprint density at radius 3 is 2.81 bits per heavy atom. The van der Waals surface area contributed by atoms with Gasteiger partial charge in [0.25, 0.3) is 0 Å². The topological polar surface area (TPSA) is 71.4 Å². The quantitative estimate of drug-likeness (QED) is 0.699. The Kier molecular flexibility index (Phi) is 2.56. The van der Waals surface area contributed by atoms with Crippen LogP contribution in [0.2, 0.25) is 0 Å². The van der Waals surface area contributed by atoms with Crippen molar-refractivity contribution in [1.82, 2.24) is 0 Å². The maximum Gasteiger partial charge on any atom is 0.332 e. The first-order valence-corrected chi connectivity index (χ1v) is 4.93. The maximum absolute atomic E-state index is 11.2. The highest BCUT2D eigenvalue weighted by atomic mass is 16.4. The SMILES string of the molecule is O=CC1C(C(=O)O)=CC=C2CC(=O)C=CC21. The average molecular weight is 218 g/mol. The van der Waals surface area contributed by atoms with Gasteiger partial charge in [0, 0.05) is 17.9 Å². The molecule has 2 atom stereocenters. The second kappa shape index (κ2) is 3.89. The minimum Gasteiger partial charge on any atom is -0.478 e. The van der Waals surface area contributed by atoms with Crippen LogP contribution in [0.3, 0.4) is 0 Å². The Hall–Kier alpha value is -1.97. The molecule has 0 aromatic carbocycles. The molecule has 0 saturated carbocycles. The van der Waals surface area contributed by atoms with Crippen molar-refractivity contribution in [2.45, 2.75) is 6.42 Å². The molecule has 0 radical (unpaired) electrons. The molecule has 0 amide bonds. The van der Waals surface area contributed by atoms with Crippen molar-refractivity contribution in [3.63, 3.8) is 0 Å². The number of hydrogen-bond donors (Lipinski definition) is 1. The van der Waals surface area contributed by atoms with E-state index in [-0.39, 0.29) is 23.7 Å². The molecule has 0 heterocycles. The van der Waals surface area contributed by atoms with Crippen LogP contribution in [-0.2, 0) is 14.4 Å². The van der Waals surface area contributed by atoms with E-state index < -0.39 is 11.9 Å². The molecule has 0 aliphatic heterocycles. The van der Waals surface area contributed by atoms with Crippen LogP contribution in [0.15, 0.2) is 35.5 Å². The summed E-state index contributed by atoms with van der Waals surface area (Å²) in [6, 6.07) is 0. The van der Waals surface area contributed by atoms with E-state index in [1.807, 2.05) is 0 Å². The van der Waals surface area contributed by atoms with E-state index in [0.29, 0.717) is 6.29 Å². The van der Waals surface area contributed by atoms with Gasteiger partial charge < -0.3 is 9.90 Å². The van der Waals surface area contributed by atoms with Crippen LogP contribution in [0.4, 0.5) is 0 Å². The van der Waals surface area contributed by atoms with Crippen molar-refractivity contribution in [2.75, 3.05) is 0 Å². The Morgan fingerprint density at radius 2 is 2.19 bits per heavy atom. The summed E-state index contributed by atoms with van der Waals surface area (Å²) in [5, 5.41) is 8.93. The van der Waals surface area contributed by atoms with Crippen LogP contribution in [0.25, 0.3) is 0 Å². The fourth-order valence-electron chi connectivity index (χ4n) is 2.11. The van der Waals surface area contributed by atoms with Crippen molar-refractivity contribution in [3.05, 3.63) is 35.5 Å². The van der Waals surface area contributed by atoms with Crippen LogP contribution in [0, 0.1) is 11.8 Å². The van der Waals surface area contributed by atoms with Gasteiger partial charge in [-0.25, -0.2) is 4.79 Å². The summed E-state index contributed by atoms with van der Waals surface area (Å²) in [6.07, 6.45) is 7.00. The number of ketones is 1. The number of aliphatic carboxylic acids is 1. The minimum atomic E-state index is -1.09. The Morgan fingerprint density at radius 1 is 1.44 bits per heavy atom. The van der Waals surface area contributed by atoms with Crippen molar-refractivity contribution in [2.24, 2.45) is 11.8 Å². The predicted molar refractivity (Wildman–Crippen MR) is 55.6 cm³/mol. The summed E-state index contributed by atoms with van der Waals surface area (Å²) in [5.41, 5.74) is 0.900. The molecule has 4 nitrogen and oxygen atoms in total. The molecule has 2 unspecified atom stereocenters. The lowest BCUT2D eigenvalue weighted by atomic mass is 9.74. The third-order valence-corrected chi connectivity index (χ3v) is 2.91. The predicted octanol–water partition coefficient (Wildman–Crippen LogP) is 0.898. The highest BCUT2D eigenvalue weighted by molar-refractivity contribution is 5.96. The molecule has 0 aromatic rings. The van der Waals surface area contributed by atoms with Gasteiger partial charge in [-0.05, 0) is 6.08 Å². The zero-order valence-electron chi connectivity index (χ0n) is 8.42. The van der Waals surface area contributed by atoms with E-state index in [0.717, 1.165) is 5.57 Å². The van der Waals surface area contributed by atoms with Crippen LogP contribution in [0.1, 0.15) is 6.42 Å². The monoisotopic (exact) mass is 218 g/mol. The normalized spacial score (nSPS) is 27.9. The fourth-order valence-corrected chi connectivity index (χ4v) is 2.11. The van der Waals surface area contributed by atoms with Gasteiger partial charge in [-0.1, -0.05) is 23.8 Å². The summed E-state index contributed by atoms with van der Waals surface area (Å²) < 4.78 is 0. The Bertz CT molecular complexity index is 454. The summed E-state index contributed by atoms with van der Waals surface area (Å²) in [5.74, 6) is -2.05. The van der Waals surface area contributed by atoms with Gasteiger partial charge in [0.15, 0.2) is 5.78 Å². The zero-order valence-corrected chi connectivity index (χ0v) is 8.42. The number of carbonyl (C=O) groups is 3. The number of carboxylic acid groups (broad SMARTS) is 1. The standard InChI is InChI=1S/C12H10O4/c13-6-11-9-4-2-8(14)5-7(9)1-3-10(11)12(15)16/h1-4,6,9,11H,5H2,(H,15,16). The van der Waals surface area contributed by atoms with E-state index in [2.05, 4.69) is 0 Å². The number of rotatable bonds is 2. The number of carbonyl (C=O) groups excluding carboxylic acids is 2. The first-order valence-electron chi connectivity index (χ1n) is 4.93. The number of fused-ring (bicyclic) bond motifs is 1. The molecule has 0 fully saturated rings. The molecule has 16 heavy (non-hydrogen) atoms. The summed E-state index contributed by atoms with van der Waals surface area (Å²) >= 11 is 0. The zero-order chi connectivity index (χ0) is 11.7. The average Bonchev–Trinajstić information content (AvgIpc) is 2.26. The molecule has 0 aromatic heterocycles. The van der Waals surface area contributed by atoms with Gasteiger partial charge in [0.2, 0.25) is 0 Å². The van der Waals surface area contributed by atoms with E-state index in [4.69, 9.17) is 5.11 Å². The van der Waals surface area contributed by atoms with Crippen molar-refractivity contribution in [1.29, 1.82) is 0 Å². The molecule has 0 spiro atoms.